The first-order valence-corrected chi connectivity index (χ1v) is 11.5. The van der Waals surface area contributed by atoms with Gasteiger partial charge in [-0.05, 0) is 11.6 Å². The summed E-state index contributed by atoms with van der Waals surface area (Å²) in [6.07, 6.45) is 3.19. The number of pyridine rings is 2. The molecule has 0 bridgehead atoms. The molecule has 0 saturated heterocycles. The smallest absolute Gasteiger partial charge is 0.181 e. The van der Waals surface area contributed by atoms with E-state index < -0.39 is 6.10 Å². The van der Waals surface area contributed by atoms with Crippen molar-refractivity contribution < 1.29 is 9.84 Å². The van der Waals surface area contributed by atoms with Gasteiger partial charge < -0.3 is 15.6 Å². The van der Waals surface area contributed by atoms with E-state index in [9.17, 15) is 10.4 Å². The number of anilines is 1. The first kappa shape index (κ1) is 22.0. The summed E-state index contributed by atoms with van der Waals surface area (Å²) in [7, 11) is 3.43. The highest BCUT2D eigenvalue weighted by atomic mass is 32.1. The Kier molecular flexibility index (Phi) is 5.71. The van der Waals surface area contributed by atoms with Gasteiger partial charge in [0.25, 0.3) is 0 Å². The van der Waals surface area contributed by atoms with Gasteiger partial charge in [0.05, 0.1) is 27.9 Å². The molecule has 1 atom stereocenters. The van der Waals surface area contributed by atoms with E-state index >= 15 is 0 Å². The summed E-state index contributed by atoms with van der Waals surface area (Å²) in [6.45, 7) is 0.402. The first-order valence-electron chi connectivity index (χ1n) is 10.7. The molecule has 3 N–H and O–H groups in total. The van der Waals surface area contributed by atoms with Crippen LogP contribution in [0, 0.1) is 11.3 Å². The number of ether oxygens (including phenoxy) is 1. The van der Waals surface area contributed by atoms with Crippen molar-refractivity contribution in [3.8, 4) is 28.5 Å². The van der Waals surface area contributed by atoms with Crippen molar-refractivity contribution >= 4 is 38.3 Å². The normalized spacial score (nSPS) is 12.3. The van der Waals surface area contributed by atoms with Crippen molar-refractivity contribution in [2.24, 2.45) is 7.05 Å². The van der Waals surface area contributed by atoms with Crippen molar-refractivity contribution in [2.45, 2.75) is 12.5 Å². The van der Waals surface area contributed by atoms with E-state index in [1.54, 1.807) is 18.0 Å². The van der Waals surface area contributed by atoms with Crippen LogP contribution in [0.15, 0.2) is 48.8 Å². The number of nitrogens with zero attached hydrogens (tertiary/aromatic N) is 5. The van der Waals surface area contributed by atoms with E-state index in [0.29, 0.717) is 61.8 Å². The monoisotopic (exact) mass is 470 g/mol. The number of fused-ring (bicyclic) bond motifs is 2. The number of benzene rings is 1. The number of thiophene rings is 1. The van der Waals surface area contributed by atoms with Gasteiger partial charge in [-0.1, -0.05) is 30.3 Å². The van der Waals surface area contributed by atoms with Gasteiger partial charge in [0.2, 0.25) is 0 Å². The predicted octanol–water partition coefficient (Wildman–Crippen LogP) is 4.44. The van der Waals surface area contributed by atoms with E-state index in [-0.39, 0.29) is 0 Å². The number of rotatable bonds is 6. The maximum atomic E-state index is 10.8. The van der Waals surface area contributed by atoms with Crippen molar-refractivity contribution in [1.82, 2.24) is 19.7 Å². The van der Waals surface area contributed by atoms with Crippen molar-refractivity contribution in [2.75, 3.05) is 19.5 Å². The number of hydrogen-bond donors (Lipinski definition) is 2. The molecular formula is C25H22N6O2S. The maximum absolute atomic E-state index is 10.8. The molecule has 5 rings (SSSR count). The summed E-state index contributed by atoms with van der Waals surface area (Å²) in [5.74, 6) is 0. The molecule has 0 fully saturated rings. The fourth-order valence-corrected chi connectivity index (χ4v) is 5.28. The van der Waals surface area contributed by atoms with Crippen LogP contribution < -0.4 is 5.73 Å². The van der Waals surface area contributed by atoms with Gasteiger partial charge in [0.1, 0.15) is 10.9 Å². The summed E-state index contributed by atoms with van der Waals surface area (Å²) in [5, 5.41) is 26.9. The highest BCUT2D eigenvalue weighted by Crippen LogP contribution is 2.46. The maximum Gasteiger partial charge on any atom is 0.181 e. The number of aliphatic hydroxyl groups excluding tert-OH is 1. The lowest BCUT2D eigenvalue weighted by Crippen LogP contribution is -2.02. The van der Waals surface area contributed by atoms with Crippen LogP contribution in [0.25, 0.3) is 43.6 Å². The Labute approximate surface area is 199 Å². The van der Waals surface area contributed by atoms with Crippen LogP contribution in [0.3, 0.4) is 0 Å². The third-order valence-electron chi connectivity index (χ3n) is 5.72. The Bertz CT molecular complexity index is 1550. The number of aliphatic hydroxyl groups is 1. The van der Waals surface area contributed by atoms with Gasteiger partial charge in [0.15, 0.2) is 5.65 Å². The summed E-state index contributed by atoms with van der Waals surface area (Å²) in [5.41, 5.74) is 10.8. The Morgan fingerprint density at radius 3 is 2.79 bits per heavy atom. The Hall–Kier alpha value is -3.84. The molecule has 0 aliphatic heterocycles. The van der Waals surface area contributed by atoms with Crippen molar-refractivity contribution in [3.63, 3.8) is 0 Å². The molecule has 4 aromatic heterocycles. The highest BCUT2D eigenvalue weighted by molar-refractivity contribution is 7.19. The largest absolute Gasteiger partial charge is 0.397 e. The van der Waals surface area contributed by atoms with Gasteiger partial charge in [0, 0.05) is 61.5 Å². The van der Waals surface area contributed by atoms with Gasteiger partial charge >= 0.3 is 0 Å². The van der Waals surface area contributed by atoms with E-state index in [1.807, 2.05) is 49.6 Å². The average molecular weight is 471 g/mol. The predicted molar refractivity (Wildman–Crippen MR) is 133 cm³/mol. The molecule has 0 spiro atoms. The van der Waals surface area contributed by atoms with Gasteiger partial charge in [-0.3, -0.25) is 4.68 Å². The number of hydrogen-bond acceptors (Lipinski definition) is 8. The molecule has 0 aliphatic rings. The molecular weight excluding hydrogens is 448 g/mol. The van der Waals surface area contributed by atoms with E-state index in [0.717, 1.165) is 10.9 Å². The third kappa shape index (κ3) is 3.68. The number of nitriles is 1. The van der Waals surface area contributed by atoms with Gasteiger partial charge in [-0.25, -0.2) is 9.97 Å². The zero-order chi connectivity index (χ0) is 23.8. The molecule has 0 aliphatic carbocycles. The van der Waals surface area contributed by atoms with E-state index in [2.05, 4.69) is 16.2 Å². The molecule has 5 aromatic rings. The quantitative estimate of drug-likeness (QED) is 0.376. The second kappa shape index (κ2) is 8.83. The standard InChI is InChI=1S/C25H22N6O2S/c1-31-13-16-10-15(12-28-24(16)30-31)22-17(11-26)19(14-6-4-3-5-7-14)20-21(27)23(34-25(20)29-22)18(32)8-9-33-2/h3-7,10,12-13,18,32H,8-9,27H2,1-2H3/t18-/m1/s1. The molecule has 9 heteroatoms. The zero-order valence-corrected chi connectivity index (χ0v) is 19.5. The van der Waals surface area contributed by atoms with Crippen LogP contribution in [0.4, 0.5) is 5.69 Å². The van der Waals surface area contributed by atoms with E-state index in [4.69, 9.17) is 15.5 Å². The van der Waals surface area contributed by atoms with Crippen LogP contribution in [-0.2, 0) is 11.8 Å². The van der Waals surface area contributed by atoms with E-state index in [1.165, 1.54) is 11.3 Å². The Morgan fingerprint density at radius 2 is 2.06 bits per heavy atom. The number of methoxy groups -OCH3 is 1. The van der Waals surface area contributed by atoms with Crippen LogP contribution >= 0.6 is 11.3 Å². The summed E-state index contributed by atoms with van der Waals surface area (Å²) in [6, 6.07) is 13.9. The van der Waals surface area contributed by atoms with Crippen LogP contribution in [0.2, 0.25) is 0 Å². The lowest BCUT2D eigenvalue weighted by Gasteiger charge is -2.12. The summed E-state index contributed by atoms with van der Waals surface area (Å²) < 4.78 is 6.82. The number of nitrogen functional groups attached to an aromatic ring is 1. The first-order chi connectivity index (χ1) is 16.5. The van der Waals surface area contributed by atoms with Crippen LogP contribution in [0.5, 0.6) is 0 Å². The van der Waals surface area contributed by atoms with Crippen LogP contribution in [-0.4, -0.2) is 38.6 Å². The highest BCUT2D eigenvalue weighted by Gasteiger charge is 2.25. The SMILES string of the molecule is COCC[C@@H](O)c1sc2nc(-c3cnc4nn(C)cc4c3)c(C#N)c(-c3ccccc3)c2c1N. The molecule has 8 nitrogen and oxygen atoms in total. The van der Waals surface area contributed by atoms with Crippen LogP contribution in [0.1, 0.15) is 23.0 Å². The average Bonchev–Trinajstić information content (AvgIpc) is 3.39. The third-order valence-corrected chi connectivity index (χ3v) is 6.93. The molecule has 1 aromatic carbocycles. The summed E-state index contributed by atoms with van der Waals surface area (Å²) >= 11 is 1.34. The second-order valence-electron chi connectivity index (χ2n) is 7.99. The summed E-state index contributed by atoms with van der Waals surface area (Å²) in [4.78, 5) is 10.6. The molecule has 4 heterocycles. The van der Waals surface area contributed by atoms with Gasteiger partial charge in [-0.2, -0.15) is 10.4 Å². The minimum Gasteiger partial charge on any atom is -0.397 e. The zero-order valence-electron chi connectivity index (χ0n) is 18.7. The molecule has 34 heavy (non-hydrogen) atoms. The lowest BCUT2D eigenvalue weighted by atomic mass is 9.93. The van der Waals surface area contributed by atoms with Crippen molar-refractivity contribution in [1.29, 1.82) is 5.26 Å². The lowest BCUT2D eigenvalue weighted by molar-refractivity contribution is 0.113. The Balaban J connectivity index is 1.82. The fourth-order valence-electron chi connectivity index (χ4n) is 4.15. The fraction of sp³-hybridized carbons (Fsp3) is 0.200. The van der Waals surface area contributed by atoms with Gasteiger partial charge in [-0.15, -0.1) is 11.3 Å². The molecule has 0 unspecified atom stereocenters. The second-order valence-corrected chi connectivity index (χ2v) is 9.02. The molecule has 0 radical (unpaired) electrons. The number of aryl methyl sites for hydroxylation is 1. The minimum absolute atomic E-state index is 0.402. The number of aromatic nitrogens is 4. The minimum atomic E-state index is -0.787. The van der Waals surface area contributed by atoms with Crippen molar-refractivity contribution in [3.05, 3.63) is 59.2 Å². The topological polar surface area (TPSA) is 123 Å². The molecule has 170 valence electrons. The number of nitrogens with two attached hydrogens (primary N) is 1. The Morgan fingerprint density at radius 1 is 1.26 bits per heavy atom. The molecule has 0 saturated carbocycles. The molecule has 0 amide bonds.